The molecule has 0 spiro atoms. The van der Waals surface area contributed by atoms with Gasteiger partial charge in [0.2, 0.25) is 0 Å². The van der Waals surface area contributed by atoms with Gasteiger partial charge in [-0.15, -0.1) is 12.4 Å². The number of ether oxygens (including phenoxy) is 1. The van der Waals surface area contributed by atoms with Gasteiger partial charge in [-0.05, 0) is 0 Å². The second-order valence-electron chi connectivity index (χ2n) is 1.21. The molecule has 0 saturated carbocycles. The zero-order chi connectivity index (χ0) is 6.41. The van der Waals surface area contributed by atoms with Gasteiger partial charge in [0.15, 0.2) is 0 Å². The average molecular weight is 155 g/mol. The van der Waals surface area contributed by atoms with Crippen LogP contribution in [-0.4, -0.2) is 25.7 Å². The van der Waals surface area contributed by atoms with Crippen LogP contribution < -0.4 is 11.5 Å². The summed E-state index contributed by atoms with van der Waals surface area (Å²) in [6.45, 7) is 0.543. The number of hydrogen-bond donors (Lipinski definition) is 2. The van der Waals surface area contributed by atoms with Gasteiger partial charge in [0.1, 0.15) is 6.61 Å². The van der Waals surface area contributed by atoms with Crippen molar-refractivity contribution >= 4 is 18.4 Å². The van der Waals surface area contributed by atoms with Crippen molar-refractivity contribution in [2.24, 2.45) is 11.5 Å². The number of carbonyl (C=O) groups is 1. The summed E-state index contributed by atoms with van der Waals surface area (Å²) in [7, 11) is 0. The lowest BCUT2D eigenvalue weighted by molar-refractivity contribution is -0.141. The van der Waals surface area contributed by atoms with Gasteiger partial charge < -0.3 is 16.2 Å². The number of carbonyl (C=O) groups excluding carboxylic acids is 1. The summed E-state index contributed by atoms with van der Waals surface area (Å²) in [5.74, 6) is -0.407. The van der Waals surface area contributed by atoms with Crippen molar-refractivity contribution in [2.45, 2.75) is 0 Å². The van der Waals surface area contributed by atoms with E-state index in [0.717, 1.165) is 0 Å². The molecule has 0 saturated heterocycles. The Morgan fingerprint density at radius 2 is 2.00 bits per heavy atom. The molecule has 56 valence electrons. The summed E-state index contributed by atoms with van der Waals surface area (Å²) in [5, 5.41) is 0. The van der Waals surface area contributed by atoms with Gasteiger partial charge in [0.05, 0.1) is 6.54 Å². The molecule has 0 aromatic heterocycles. The Labute approximate surface area is 59.9 Å². The molecular formula is C4H11ClN2O2. The SMILES string of the molecule is Cl.NCCOC(=O)CN. The zero-order valence-electron chi connectivity index (χ0n) is 5.00. The Kier molecular flexibility index (Phi) is 9.79. The minimum Gasteiger partial charge on any atom is -0.463 e. The molecule has 0 heterocycles. The Morgan fingerprint density at radius 3 is 2.33 bits per heavy atom. The highest BCUT2D eigenvalue weighted by molar-refractivity contribution is 5.85. The highest BCUT2D eigenvalue weighted by atomic mass is 35.5. The topological polar surface area (TPSA) is 78.3 Å². The molecule has 9 heavy (non-hydrogen) atoms. The van der Waals surface area contributed by atoms with Crippen molar-refractivity contribution in [3.8, 4) is 0 Å². The molecule has 0 aromatic rings. The number of hydrogen-bond acceptors (Lipinski definition) is 4. The zero-order valence-corrected chi connectivity index (χ0v) is 5.82. The van der Waals surface area contributed by atoms with E-state index in [0.29, 0.717) is 6.54 Å². The van der Waals surface area contributed by atoms with Gasteiger partial charge in [-0.25, -0.2) is 0 Å². The summed E-state index contributed by atoms with van der Waals surface area (Å²) in [6, 6.07) is 0. The van der Waals surface area contributed by atoms with Crippen LogP contribution in [0.3, 0.4) is 0 Å². The maximum Gasteiger partial charge on any atom is 0.319 e. The summed E-state index contributed by atoms with van der Waals surface area (Å²) in [6.07, 6.45) is 0. The van der Waals surface area contributed by atoms with E-state index in [1.54, 1.807) is 0 Å². The lowest BCUT2D eigenvalue weighted by Gasteiger charge is -1.97. The molecule has 0 atom stereocenters. The monoisotopic (exact) mass is 154 g/mol. The van der Waals surface area contributed by atoms with E-state index in [2.05, 4.69) is 4.74 Å². The van der Waals surface area contributed by atoms with Crippen LogP contribution in [0.5, 0.6) is 0 Å². The van der Waals surface area contributed by atoms with Gasteiger partial charge in [-0.3, -0.25) is 4.79 Å². The first-order valence-corrected chi connectivity index (χ1v) is 2.37. The van der Waals surface area contributed by atoms with E-state index in [1.807, 2.05) is 0 Å². The standard InChI is InChI=1S/C4H10N2O2.ClH/c5-1-2-8-4(7)3-6;/h1-3,5-6H2;1H. The van der Waals surface area contributed by atoms with Crippen molar-refractivity contribution in [3.05, 3.63) is 0 Å². The van der Waals surface area contributed by atoms with Crippen molar-refractivity contribution in [1.29, 1.82) is 0 Å². The van der Waals surface area contributed by atoms with Crippen LogP contribution in [-0.2, 0) is 9.53 Å². The van der Waals surface area contributed by atoms with Gasteiger partial charge in [-0.1, -0.05) is 0 Å². The molecule has 0 aliphatic heterocycles. The average Bonchev–Trinajstić information content (AvgIpc) is 1.83. The number of nitrogens with two attached hydrogens (primary N) is 2. The third-order valence-corrected chi connectivity index (χ3v) is 0.548. The van der Waals surface area contributed by atoms with Crippen LogP contribution in [0.2, 0.25) is 0 Å². The molecule has 0 aromatic carbocycles. The van der Waals surface area contributed by atoms with Gasteiger partial charge in [0.25, 0.3) is 0 Å². The molecule has 0 aliphatic carbocycles. The smallest absolute Gasteiger partial charge is 0.319 e. The first-order chi connectivity index (χ1) is 3.81. The second-order valence-corrected chi connectivity index (χ2v) is 1.21. The predicted molar refractivity (Wildman–Crippen MR) is 36.3 cm³/mol. The normalized spacial score (nSPS) is 7.78. The Balaban J connectivity index is 0. The molecular weight excluding hydrogens is 144 g/mol. The minimum absolute atomic E-state index is 0. The highest BCUT2D eigenvalue weighted by Crippen LogP contribution is 1.70. The fourth-order valence-electron chi connectivity index (χ4n) is 0.232. The van der Waals surface area contributed by atoms with E-state index in [9.17, 15) is 4.79 Å². The van der Waals surface area contributed by atoms with Crippen molar-refractivity contribution < 1.29 is 9.53 Å². The third kappa shape index (κ3) is 7.68. The molecule has 4 N–H and O–H groups in total. The highest BCUT2D eigenvalue weighted by Gasteiger charge is 1.93. The minimum atomic E-state index is -0.407. The molecule has 0 bridgehead atoms. The van der Waals surface area contributed by atoms with E-state index < -0.39 is 5.97 Å². The Bertz CT molecular complexity index is 79.0. The molecule has 0 radical (unpaired) electrons. The number of esters is 1. The molecule has 0 rings (SSSR count). The fraction of sp³-hybridized carbons (Fsp3) is 0.750. The maximum absolute atomic E-state index is 10.2. The van der Waals surface area contributed by atoms with Gasteiger partial charge in [-0.2, -0.15) is 0 Å². The molecule has 5 heteroatoms. The number of rotatable bonds is 3. The lowest BCUT2D eigenvalue weighted by atomic mass is 10.6. The molecule has 0 fully saturated rings. The molecule has 0 aliphatic rings. The van der Waals surface area contributed by atoms with Crippen molar-refractivity contribution in [3.63, 3.8) is 0 Å². The van der Waals surface area contributed by atoms with Crippen LogP contribution in [0.25, 0.3) is 0 Å². The summed E-state index contributed by atoms with van der Waals surface area (Å²) < 4.78 is 4.45. The molecule has 0 unspecified atom stereocenters. The van der Waals surface area contributed by atoms with Crippen molar-refractivity contribution in [1.82, 2.24) is 0 Å². The van der Waals surface area contributed by atoms with Crippen LogP contribution in [0.15, 0.2) is 0 Å². The van der Waals surface area contributed by atoms with Gasteiger partial charge in [0, 0.05) is 6.54 Å². The second kappa shape index (κ2) is 7.68. The van der Waals surface area contributed by atoms with Crippen LogP contribution in [0, 0.1) is 0 Å². The largest absolute Gasteiger partial charge is 0.463 e. The van der Waals surface area contributed by atoms with E-state index in [4.69, 9.17) is 11.5 Å². The van der Waals surface area contributed by atoms with Crippen LogP contribution in [0.4, 0.5) is 0 Å². The maximum atomic E-state index is 10.2. The Hall–Kier alpha value is -0.320. The predicted octanol–water partition coefficient (Wildman–Crippen LogP) is -1.13. The summed E-state index contributed by atoms with van der Waals surface area (Å²) in [5.41, 5.74) is 9.91. The van der Waals surface area contributed by atoms with Gasteiger partial charge >= 0.3 is 5.97 Å². The molecule has 0 amide bonds. The number of halogens is 1. The van der Waals surface area contributed by atoms with Crippen LogP contribution in [0.1, 0.15) is 0 Å². The van der Waals surface area contributed by atoms with E-state index in [-0.39, 0.29) is 25.6 Å². The lowest BCUT2D eigenvalue weighted by Crippen LogP contribution is -2.20. The first-order valence-electron chi connectivity index (χ1n) is 2.37. The summed E-state index contributed by atoms with van der Waals surface area (Å²) >= 11 is 0. The molecule has 4 nitrogen and oxygen atoms in total. The third-order valence-electron chi connectivity index (χ3n) is 0.548. The Morgan fingerprint density at radius 1 is 1.44 bits per heavy atom. The quantitative estimate of drug-likeness (QED) is 0.505. The van der Waals surface area contributed by atoms with E-state index >= 15 is 0 Å². The summed E-state index contributed by atoms with van der Waals surface area (Å²) in [4.78, 5) is 10.2. The fourth-order valence-corrected chi connectivity index (χ4v) is 0.232. The van der Waals surface area contributed by atoms with Crippen LogP contribution >= 0.6 is 12.4 Å². The van der Waals surface area contributed by atoms with E-state index in [1.165, 1.54) is 0 Å². The van der Waals surface area contributed by atoms with Crippen molar-refractivity contribution in [2.75, 3.05) is 19.7 Å². The first kappa shape index (κ1) is 11.5.